The van der Waals surface area contributed by atoms with E-state index in [0.29, 0.717) is 6.61 Å². The average Bonchev–Trinajstić information content (AvgIpc) is 2.10. The number of hydrogen-bond acceptors (Lipinski definition) is 3. The molecule has 0 N–H and O–H groups in total. The molecule has 0 amide bonds. The van der Waals surface area contributed by atoms with Crippen molar-refractivity contribution in [2.75, 3.05) is 6.61 Å². The van der Waals surface area contributed by atoms with Crippen molar-refractivity contribution in [1.29, 1.82) is 0 Å². The van der Waals surface area contributed by atoms with Crippen LogP contribution in [0.4, 0.5) is 0 Å². The number of rotatable bonds is 7. The van der Waals surface area contributed by atoms with Crippen molar-refractivity contribution in [2.45, 2.75) is 39.0 Å². The van der Waals surface area contributed by atoms with Crippen LogP contribution >= 0.6 is 12.6 Å². The second kappa shape index (κ2) is 8.17. The number of hydrogen-bond donors (Lipinski definition) is 1. The summed E-state index contributed by atoms with van der Waals surface area (Å²) < 4.78 is 4.87. The summed E-state index contributed by atoms with van der Waals surface area (Å²) in [4.78, 5) is 11.0. The van der Waals surface area contributed by atoms with E-state index >= 15 is 0 Å². The van der Waals surface area contributed by atoms with Crippen LogP contribution in [0.1, 0.15) is 39.0 Å². The standard InChI is InChI=1S/C10H18O2S/c1-3-4-5-6-7-8-12-10(11)9(2)13/h13H,2-8H2,1H3. The first-order chi connectivity index (χ1) is 6.18. The van der Waals surface area contributed by atoms with Gasteiger partial charge in [0.15, 0.2) is 0 Å². The van der Waals surface area contributed by atoms with Crippen LogP contribution in [0.25, 0.3) is 0 Å². The Morgan fingerprint density at radius 2 is 1.92 bits per heavy atom. The summed E-state index contributed by atoms with van der Waals surface area (Å²) in [5.41, 5.74) is 0. The van der Waals surface area contributed by atoms with E-state index in [2.05, 4.69) is 26.1 Å². The second-order valence-electron chi connectivity index (χ2n) is 3.00. The fourth-order valence-electron chi connectivity index (χ4n) is 0.954. The number of carbonyl (C=O) groups is 1. The predicted molar refractivity (Wildman–Crippen MR) is 57.8 cm³/mol. The maximum atomic E-state index is 10.8. The van der Waals surface area contributed by atoms with Crippen molar-refractivity contribution in [2.24, 2.45) is 0 Å². The van der Waals surface area contributed by atoms with Crippen LogP contribution in [-0.4, -0.2) is 12.6 Å². The Kier molecular flexibility index (Phi) is 7.90. The van der Waals surface area contributed by atoms with Gasteiger partial charge in [0.1, 0.15) is 0 Å². The Morgan fingerprint density at radius 3 is 2.46 bits per heavy atom. The van der Waals surface area contributed by atoms with Gasteiger partial charge in [0.25, 0.3) is 0 Å². The van der Waals surface area contributed by atoms with E-state index in [-0.39, 0.29) is 4.91 Å². The number of carbonyl (C=O) groups excluding carboxylic acids is 1. The maximum absolute atomic E-state index is 10.8. The molecule has 0 radical (unpaired) electrons. The Balaban J connectivity index is 3.16. The predicted octanol–water partition coefficient (Wildman–Crippen LogP) is 2.94. The largest absolute Gasteiger partial charge is 0.462 e. The molecule has 0 aliphatic carbocycles. The first-order valence-corrected chi connectivity index (χ1v) is 5.18. The van der Waals surface area contributed by atoms with Gasteiger partial charge in [-0.25, -0.2) is 4.79 Å². The van der Waals surface area contributed by atoms with Crippen molar-refractivity contribution in [3.05, 3.63) is 11.5 Å². The van der Waals surface area contributed by atoms with Crippen LogP contribution in [0.15, 0.2) is 11.5 Å². The molecule has 0 atom stereocenters. The van der Waals surface area contributed by atoms with Gasteiger partial charge in [-0.1, -0.05) is 39.2 Å². The van der Waals surface area contributed by atoms with Gasteiger partial charge in [-0.15, -0.1) is 12.6 Å². The van der Waals surface area contributed by atoms with Crippen LogP contribution in [0.2, 0.25) is 0 Å². The van der Waals surface area contributed by atoms with Crippen LogP contribution in [-0.2, 0) is 9.53 Å². The molecule has 0 rings (SSSR count). The lowest BCUT2D eigenvalue weighted by Gasteiger charge is -2.02. The Labute approximate surface area is 85.8 Å². The van der Waals surface area contributed by atoms with Crippen molar-refractivity contribution in [3.63, 3.8) is 0 Å². The molecule has 0 fully saturated rings. The zero-order chi connectivity index (χ0) is 10.1. The van der Waals surface area contributed by atoms with Gasteiger partial charge >= 0.3 is 5.97 Å². The lowest BCUT2D eigenvalue weighted by molar-refractivity contribution is -0.138. The van der Waals surface area contributed by atoms with Crippen molar-refractivity contribution in [1.82, 2.24) is 0 Å². The molecule has 76 valence electrons. The fraction of sp³-hybridized carbons (Fsp3) is 0.700. The molecule has 0 spiro atoms. The molecular weight excluding hydrogens is 184 g/mol. The summed E-state index contributed by atoms with van der Waals surface area (Å²) in [5, 5.41) is 0. The van der Waals surface area contributed by atoms with E-state index in [9.17, 15) is 4.79 Å². The van der Waals surface area contributed by atoms with Crippen molar-refractivity contribution < 1.29 is 9.53 Å². The molecule has 0 aliphatic heterocycles. The summed E-state index contributed by atoms with van der Waals surface area (Å²) in [6, 6.07) is 0. The zero-order valence-corrected chi connectivity index (χ0v) is 9.11. The molecule has 0 saturated heterocycles. The Bertz CT molecular complexity index is 166. The molecule has 0 aromatic rings. The first-order valence-electron chi connectivity index (χ1n) is 4.73. The van der Waals surface area contributed by atoms with Crippen molar-refractivity contribution in [3.8, 4) is 0 Å². The Morgan fingerprint density at radius 1 is 1.31 bits per heavy atom. The number of esters is 1. The molecule has 3 heteroatoms. The normalized spacial score (nSPS) is 9.69. The molecule has 2 nitrogen and oxygen atoms in total. The molecule has 0 heterocycles. The van der Waals surface area contributed by atoms with Gasteiger partial charge in [0.2, 0.25) is 0 Å². The third-order valence-electron chi connectivity index (χ3n) is 1.72. The number of unbranched alkanes of at least 4 members (excludes halogenated alkanes) is 4. The van der Waals surface area contributed by atoms with E-state index in [1.165, 1.54) is 19.3 Å². The highest BCUT2D eigenvalue weighted by molar-refractivity contribution is 7.85. The van der Waals surface area contributed by atoms with Crippen LogP contribution in [0.5, 0.6) is 0 Å². The smallest absolute Gasteiger partial charge is 0.343 e. The molecule has 0 saturated carbocycles. The third-order valence-corrected chi connectivity index (χ3v) is 1.90. The van der Waals surface area contributed by atoms with Gasteiger partial charge in [-0.3, -0.25) is 0 Å². The van der Waals surface area contributed by atoms with E-state index in [0.717, 1.165) is 12.8 Å². The van der Waals surface area contributed by atoms with Crippen molar-refractivity contribution >= 4 is 18.6 Å². The number of ether oxygens (including phenoxy) is 1. The minimum absolute atomic E-state index is 0.175. The summed E-state index contributed by atoms with van der Waals surface area (Å²) >= 11 is 3.78. The molecule has 0 aromatic carbocycles. The molecular formula is C10H18O2S. The minimum Gasteiger partial charge on any atom is -0.462 e. The lowest BCUT2D eigenvalue weighted by atomic mass is 10.2. The minimum atomic E-state index is -0.404. The molecule has 0 bridgehead atoms. The van der Waals surface area contributed by atoms with Gasteiger partial charge in [0, 0.05) is 0 Å². The van der Waals surface area contributed by atoms with Crippen LogP contribution in [0.3, 0.4) is 0 Å². The van der Waals surface area contributed by atoms with Gasteiger partial charge in [0.05, 0.1) is 11.5 Å². The van der Waals surface area contributed by atoms with E-state index in [4.69, 9.17) is 4.74 Å². The fourth-order valence-corrected chi connectivity index (χ4v) is 1.02. The summed E-state index contributed by atoms with van der Waals surface area (Å²) in [7, 11) is 0. The quantitative estimate of drug-likeness (QED) is 0.297. The highest BCUT2D eigenvalue weighted by Crippen LogP contribution is 2.04. The van der Waals surface area contributed by atoms with Crippen LogP contribution in [0, 0.1) is 0 Å². The molecule has 0 aliphatic rings. The van der Waals surface area contributed by atoms with Gasteiger partial charge in [-0.05, 0) is 6.42 Å². The molecule has 0 unspecified atom stereocenters. The SMILES string of the molecule is C=C(S)C(=O)OCCCCCCC. The van der Waals surface area contributed by atoms with Crippen LogP contribution < -0.4 is 0 Å². The monoisotopic (exact) mass is 202 g/mol. The molecule has 0 aromatic heterocycles. The van der Waals surface area contributed by atoms with Gasteiger partial charge < -0.3 is 4.74 Å². The summed E-state index contributed by atoms with van der Waals surface area (Å²) in [6.45, 7) is 6.03. The van der Waals surface area contributed by atoms with E-state index < -0.39 is 5.97 Å². The highest BCUT2D eigenvalue weighted by Gasteiger charge is 2.02. The average molecular weight is 202 g/mol. The first kappa shape index (κ1) is 12.6. The third kappa shape index (κ3) is 7.91. The maximum Gasteiger partial charge on any atom is 0.343 e. The van der Waals surface area contributed by atoms with Gasteiger partial charge in [-0.2, -0.15) is 0 Å². The second-order valence-corrected chi connectivity index (χ2v) is 3.54. The topological polar surface area (TPSA) is 26.3 Å². The highest BCUT2D eigenvalue weighted by atomic mass is 32.1. The zero-order valence-electron chi connectivity index (χ0n) is 8.21. The summed E-state index contributed by atoms with van der Waals surface area (Å²) in [6.07, 6.45) is 5.77. The van der Waals surface area contributed by atoms with E-state index in [1.807, 2.05) is 0 Å². The Hall–Kier alpha value is -0.440. The summed E-state index contributed by atoms with van der Waals surface area (Å²) in [5.74, 6) is -0.404. The molecule has 13 heavy (non-hydrogen) atoms. The van der Waals surface area contributed by atoms with E-state index in [1.54, 1.807) is 0 Å². The number of thiol groups is 1. The lowest BCUT2D eigenvalue weighted by Crippen LogP contribution is -2.04.